The molecule has 0 spiro atoms. The van der Waals surface area contributed by atoms with Crippen LogP contribution >= 0.6 is 31.1 Å². The van der Waals surface area contributed by atoms with Gasteiger partial charge in [-0.15, -0.1) is 0 Å². The molecule has 5 unspecified atom stereocenters. The van der Waals surface area contributed by atoms with Gasteiger partial charge in [-0.2, -0.15) is 8.62 Å². The summed E-state index contributed by atoms with van der Waals surface area (Å²) in [6, 6.07) is 14.9. The fourth-order valence-corrected chi connectivity index (χ4v) is 11.4. The number of ether oxygens (including phenoxy) is 2. The van der Waals surface area contributed by atoms with E-state index in [1.807, 2.05) is 42.5 Å². The third kappa shape index (κ3) is 9.57. The van der Waals surface area contributed by atoms with E-state index in [4.69, 9.17) is 14.0 Å². The fraction of sp³-hybridized carbons (Fsp3) is 0.462. The average molecular weight is 754 g/mol. The van der Waals surface area contributed by atoms with Crippen LogP contribution in [0, 0.1) is 5.92 Å². The third-order valence-corrected chi connectivity index (χ3v) is 14.1. The van der Waals surface area contributed by atoms with E-state index in [2.05, 4.69) is 17.9 Å². The van der Waals surface area contributed by atoms with Crippen LogP contribution < -0.4 is 11.2 Å². The van der Waals surface area contributed by atoms with Crippen LogP contribution in [0.4, 0.5) is 0 Å². The SMILES string of the molecule is CCCCP(=O)(O)OP(=O)(O)OP(=O)(O)OP(=O)(O)OC[C@H]1O[C@@H](n2ccc(=O)[nH]c2=O)[C@H]2CC(Cc3ccc4ccccc4c3)O[C@H]21. The predicted molar refractivity (Wildman–Crippen MR) is 168 cm³/mol. The van der Waals surface area contributed by atoms with Crippen LogP contribution in [0.25, 0.3) is 10.8 Å². The summed E-state index contributed by atoms with van der Waals surface area (Å²) in [5.41, 5.74) is -0.458. The van der Waals surface area contributed by atoms with Crippen molar-refractivity contribution in [1.82, 2.24) is 9.55 Å². The molecule has 1 aromatic heterocycles. The maximum atomic E-state index is 12.6. The summed E-state index contributed by atoms with van der Waals surface area (Å²) < 4.78 is 79.4. The summed E-state index contributed by atoms with van der Waals surface area (Å²) in [6.07, 6.45) is -1.38. The lowest BCUT2D eigenvalue weighted by molar-refractivity contribution is -0.0791. The number of nitrogens with zero attached hydrogens (tertiary/aromatic N) is 1. The Morgan fingerprint density at radius 2 is 1.58 bits per heavy atom. The molecule has 0 amide bonds. The molecule has 2 fully saturated rings. The van der Waals surface area contributed by atoms with Crippen LogP contribution in [0.5, 0.6) is 0 Å². The van der Waals surface area contributed by atoms with E-state index >= 15 is 0 Å². The molecule has 2 aliphatic rings. The number of aromatic nitrogens is 2. The van der Waals surface area contributed by atoms with E-state index < -0.39 is 85.5 Å². The van der Waals surface area contributed by atoms with E-state index in [1.54, 1.807) is 6.92 Å². The van der Waals surface area contributed by atoms with Crippen molar-refractivity contribution in [3.63, 3.8) is 0 Å². The molecular formula is C26H34N2O16P4. The van der Waals surface area contributed by atoms with Gasteiger partial charge in [-0.05, 0) is 35.6 Å². The van der Waals surface area contributed by atoms with Gasteiger partial charge in [-0.25, -0.2) is 22.8 Å². The zero-order valence-corrected chi connectivity index (χ0v) is 28.8. The molecule has 3 heterocycles. The van der Waals surface area contributed by atoms with Crippen LogP contribution in [0.15, 0.2) is 64.3 Å². The predicted octanol–water partition coefficient (Wildman–Crippen LogP) is 3.96. The van der Waals surface area contributed by atoms with E-state index in [9.17, 15) is 47.4 Å². The van der Waals surface area contributed by atoms with Crippen LogP contribution in [-0.2, 0) is 51.6 Å². The molecule has 0 bridgehead atoms. The van der Waals surface area contributed by atoms with Gasteiger partial charge >= 0.3 is 36.8 Å². The highest BCUT2D eigenvalue weighted by molar-refractivity contribution is 7.70. The molecule has 2 aromatic carbocycles. The van der Waals surface area contributed by atoms with Crippen LogP contribution in [-0.4, -0.2) is 60.2 Å². The van der Waals surface area contributed by atoms with Gasteiger partial charge < -0.3 is 29.0 Å². The average Bonchev–Trinajstić information content (AvgIpc) is 3.52. The maximum Gasteiger partial charge on any atom is 0.490 e. The topological polar surface area (TPSA) is 259 Å². The molecule has 2 aliphatic heterocycles. The normalized spacial score (nSPS) is 27.5. The van der Waals surface area contributed by atoms with Gasteiger partial charge in [0.1, 0.15) is 12.3 Å². The Morgan fingerprint density at radius 3 is 2.29 bits per heavy atom. The minimum atomic E-state index is -5.93. The lowest BCUT2D eigenvalue weighted by Crippen LogP contribution is -2.34. The van der Waals surface area contributed by atoms with Crippen molar-refractivity contribution in [1.29, 1.82) is 0 Å². The van der Waals surface area contributed by atoms with Crippen molar-refractivity contribution >= 4 is 41.8 Å². The van der Waals surface area contributed by atoms with Crippen molar-refractivity contribution in [3.8, 4) is 0 Å². The third-order valence-electron chi connectivity index (χ3n) is 7.60. The van der Waals surface area contributed by atoms with E-state index in [-0.39, 0.29) is 6.42 Å². The summed E-state index contributed by atoms with van der Waals surface area (Å²) in [6.45, 7) is 0.857. The molecule has 0 saturated carbocycles. The summed E-state index contributed by atoms with van der Waals surface area (Å²) >= 11 is 0. The number of phosphoric acid groups is 3. The molecule has 5 rings (SSSR count). The van der Waals surface area contributed by atoms with Crippen molar-refractivity contribution in [2.45, 2.75) is 57.1 Å². The Hall–Kier alpha value is -2.10. The summed E-state index contributed by atoms with van der Waals surface area (Å²) in [5.74, 6) is -0.516. The Morgan fingerprint density at radius 1 is 0.896 bits per heavy atom. The lowest BCUT2D eigenvalue weighted by atomic mass is 9.94. The first-order valence-corrected chi connectivity index (χ1v) is 20.9. The van der Waals surface area contributed by atoms with E-state index in [1.165, 1.54) is 6.20 Å². The number of phosphoric ester groups is 1. The minimum Gasteiger partial charge on any atom is -0.371 e. The van der Waals surface area contributed by atoms with Crippen molar-refractivity contribution < 1.29 is 64.8 Å². The molecule has 22 heteroatoms. The minimum absolute atomic E-state index is 0.109. The summed E-state index contributed by atoms with van der Waals surface area (Å²) in [7, 11) is -22.0. The number of H-pyrrole nitrogens is 1. The van der Waals surface area contributed by atoms with Crippen LogP contribution in [0.3, 0.4) is 0 Å². The molecule has 0 radical (unpaired) electrons. The summed E-state index contributed by atoms with van der Waals surface area (Å²) in [4.78, 5) is 65.9. The zero-order chi connectivity index (χ0) is 34.9. The second-order valence-electron chi connectivity index (χ2n) is 11.3. The van der Waals surface area contributed by atoms with Crippen molar-refractivity contribution in [2.75, 3.05) is 12.8 Å². The lowest BCUT2D eigenvalue weighted by Gasteiger charge is -2.23. The highest BCUT2D eigenvalue weighted by atomic mass is 31.3. The monoisotopic (exact) mass is 754 g/mol. The molecule has 9 atom stereocenters. The molecule has 18 nitrogen and oxygen atoms in total. The zero-order valence-electron chi connectivity index (χ0n) is 25.2. The Labute approximate surface area is 272 Å². The molecule has 2 saturated heterocycles. The molecule has 264 valence electrons. The highest BCUT2D eigenvalue weighted by Crippen LogP contribution is 2.71. The number of benzene rings is 2. The number of nitrogens with one attached hydrogen (secondary N) is 1. The van der Waals surface area contributed by atoms with Gasteiger partial charge in [-0.1, -0.05) is 55.8 Å². The molecule has 3 aromatic rings. The number of hydrogen-bond acceptors (Lipinski definition) is 12. The number of rotatable bonds is 15. The quantitative estimate of drug-likeness (QED) is 0.138. The first-order valence-electron chi connectivity index (χ1n) is 14.6. The van der Waals surface area contributed by atoms with Gasteiger partial charge in [0.25, 0.3) is 5.56 Å². The summed E-state index contributed by atoms with van der Waals surface area (Å²) in [5, 5.41) is 2.08. The number of hydrogen-bond donors (Lipinski definition) is 5. The van der Waals surface area contributed by atoms with Gasteiger partial charge in [-0.3, -0.25) is 23.4 Å². The fourth-order valence-electron chi connectivity index (χ4n) is 5.65. The number of unbranched alkanes of at least 4 members (excludes halogenated alkanes) is 1. The van der Waals surface area contributed by atoms with Gasteiger partial charge in [0.2, 0.25) is 0 Å². The Kier molecular flexibility index (Phi) is 11.3. The molecule has 48 heavy (non-hydrogen) atoms. The second-order valence-corrected chi connectivity index (χ2v) is 18.0. The standard InChI is InChI=1S/C26H34N2O16P4/c1-2-3-12-45(31,32)42-47(35,36)44-48(37,38)43-46(33,34)39-16-22-24-21(25(41-22)28-11-10-23(29)27-26(28)30)15-20(40-24)14-17-8-9-18-6-4-5-7-19(18)13-17/h4-11,13,20-22,24-25H,2-3,12,14-16H2,1H3,(H,31,32)(H,33,34)(H,35,36)(H,37,38)(H,27,29,30)/t20?,21-,22+,24+,25+/m0/s1. The second kappa shape index (κ2) is 14.6. The first-order chi connectivity index (χ1) is 22.4. The van der Waals surface area contributed by atoms with Gasteiger partial charge in [0, 0.05) is 18.2 Å². The maximum absolute atomic E-state index is 12.6. The molecular weight excluding hydrogens is 720 g/mol. The number of fused-ring (bicyclic) bond motifs is 2. The van der Waals surface area contributed by atoms with Gasteiger partial charge in [0.15, 0.2) is 0 Å². The van der Waals surface area contributed by atoms with Crippen LogP contribution in [0.1, 0.15) is 38.0 Å². The van der Waals surface area contributed by atoms with Gasteiger partial charge in [0.05, 0.1) is 25.0 Å². The smallest absolute Gasteiger partial charge is 0.371 e. The Balaban J connectivity index is 1.28. The van der Waals surface area contributed by atoms with Crippen LogP contribution in [0.2, 0.25) is 0 Å². The highest BCUT2D eigenvalue weighted by Gasteiger charge is 2.53. The van der Waals surface area contributed by atoms with E-state index in [0.29, 0.717) is 19.3 Å². The molecule has 5 N–H and O–H groups in total. The van der Waals surface area contributed by atoms with Crippen molar-refractivity contribution in [2.24, 2.45) is 5.92 Å². The first kappa shape index (κ1) is 37.2. The Bertz CT molecular complexity index is 1950. The van der Waals surface area contributed by atoms with Crippen molar-refractivity contribution in [3.05, 3.63) is 81.1 Å². The number of aromatic amines is 1. The largest absolute Gasteiger partial charge is 0.490 e. The molecule has 0 aliphatic carbocycles. The van der Waals surface area contributed by atoms with E-state index in [0.717, 1.165) is 27.0 Å².